The molecule has 0 spiro atoms. The van der Waals surface area contributed by atoms with Crippen molar-refractivity contribution < 1.29 is 4.79 Å². The molecule has 2 rings (SSSR count). The van der Waals surface area contributed by atoms with E-state index >= 15 is 0 Å². The average molecular weight is 272 g/mol. The summed E-state index contributed by atoms with van der Waals surface area (Å²) in [6, 6.07) is 9.99. The van der Waals surface area contributed by atoms with Gasteiger partial charge in [-0.25, -0.2) is 0 Å². The molecule has 1 unspecified atom stereocenters. The van der Waals surface area contributed by atoms with Crippen molar-refractivity contribution in [2.75, 3.05) is 7.05 Å². The number of amides is 1. The summed E-state index contributed by atoms with van der Waals surface area (Å²) in [6.07, 6.45) is 3.82. The smallest absolute Gasteiger partial charge is 0.236 e. The minimum atomic E-state index is -0.211. The molecular formula is C15H20N4O. The number of nitrogens with one attached hydrogen (secondary N) is 2. The Bertz CT molecular complexity index is 550. The zero-order valence-corrected chi connectivity index (χ0v) is 11.8. The van der Waals surface area contributed by atoms with Crippen molar-refractivity contribution in [1.82, 2.24) is 20.4 Å². The molecule has 0 fully saturated rings. The molecule has 1 atom stereocenters. The van der Waals surface area contributed by atoms with Gasteiger partial charge in [0.05, 0.1) is 18.8 Å². The van der Waals surface area contributed by atoms with Gasteiger partial charge >= 0.3 is 0 Å². The Labute approximate surface area is 119 Å². The Kier molecular flexibility index (Phi) is 4.90. The summed E-state index contributed by atoms with van der Waals surface area (Å²) in [5.74, 6) is -0.0123. The van der Waals surface area contributed by atoms with Gasteiger partial charge in [-0.05, 0) is 12.5 Å². The van der Waals surface area contributed by atoms with Gasteiger partial charge < -0.3 is 10.6 Å². The molecule has 0 aliphatic rings. The predicted octanol–water partition coefficient (Wildman–Crippen LogP) is 1.16. The van der Waals surface area contributed by atoms with Crippen molar-refractivity contribution in [2.45, 2.75) is 26.1 Å². The van der Waals surface area contributed by atoms with Crippen LogP contribution in [0.25, 0.3) is 0 Å². The largest absolute Gasteiger partial charge is 0.358 e. The second-order valence-electron chi connectivity index (χ2n) is 4.75. The number of hydrogen-bond donors (Lipinski definition) is 2. The van der Waals surface area contributed by atoms with E-state index in [-0.39, 0.29) is 11.9 Å². The standard InChI is InChI=1S/C15H20N4O/c1-12(15(20)16-2)17-8-14-9-18-19(11-14)10-13-6-4-3-5-7-13/h3-7,9,11-12,17H,8,10H2,1-2H3,(H,16,20). The fourth-order valence-corrected chi connectivity index (χ4v) is 1.93. The number of nitrogens with zero attached hydrogens (tertiary/aromatic N) is 2. The summed E-state index contributed by atoms with van der Waals surface area (Å²) in [7, 11) is 1.64. The van der Waals surface area contributed by atoms with Crippen molar-refractivity contribution in [3.8, 4) is 0 Å². The van der Waals surface area contributed by atoms with Crippen LogP contribution in [0.3, 0.4) is 0 Å². The van der Waals surface area contributed by atoms with E-state index in [1.807, 2.05) is 42.2 Å². The first-order chi connectivity index (χ1) is 9.69. The van der Waals surface area contributed by atoms with Gasteiger partial charge in [-0.15, -0.1) is 0 Å². The highest BCUT2D eigenvalue weighted by atomic mass is 16.2. The summed E-state index contributed by atoms with van der Waals surface area (Å²) in [5, 5.41) is 10.1. The summed E-state index contributed by atoms with van der Waals surface area (Å²) in [4.78, 5) is 11.4. The van der Waals surface area contributed by atoms with Gasteiger partial charge in [0.15, 0.2) is 0 Å². The number of benzene rings is 1. The van der Waals surface area contributed by atoms with Crippen molar-refractivity contribution in [3.05, 3.63) is 53.9 Å². The second kappa shape index (κ2) is 6.86. The van der Waals surface area contributed by atoms with Crippen LogP contribution in [0.15, 0.2) is 42.7 Å². The normalized spacial score (nSPS) is 12.1. The van der Waals surface area contributed by atoms with Crippen LogP contribution in [0.5, 0.6) is 0 Å². The van der Waals surface area contributed by atoms with Gasteiger partial charge in [-0.1, -0.05) is 30.3 Å². The molecule has 2 aromatic rings. The van der Waals surface area contributed by atoms with Crippen molar-refractivity contribution in [3.63, 3.8) is 0 Å². The quantitative estimate of drug-likeness (QED) is 0.829. The lowest BCUT2D eigenvalue weighted by Crippen LogP contribution is -2.40. The Hall–Kier alpha value is -2.14. The molecule has 1 heterocycles. The molecule has 0 saturated heterocycles. The van der Waals surface area contributed by atoms with Gasteiger partial charge in [-0.3, -0.25) is 9.48 Å². The third-order valence-corrected chi connectivity index (χ3v) is 3.13. The van der Waals surface area contributed by atoms with E-state index < -0.39 is 0 Å². The van der Waals surface area contributed by atoms with Crippen LogP contribution >= 0.6 is 0 Å². The molecule has 5 heteroatoms. The van der Waals surface area contributed by atoms with Crippen LogP contribution in [0, 0.1) is 0 Å². The molecule has 2 N–H and O–H groups in total. The molecule has 0 aliphatic carbocycles. The third-order valence-electron chi connectivity index (χ3n) is 3.13. The van der Waals surface area contributed by atoms with Crippen LogP contribution in [0.2, 0.25) is 0 Å². The van der Waals surface area contributed by atoms with Gasteiger partial charge in [0, 0.05) is 25.4 Å². The Morgan fingerprint density at radius 1 is 1.30 bits per heavy atom. The zero-order chi connectivity index (χ0) is 14.4. The van der Waals surface area contributed by atoms with Gasteiger partial charge in [-0.2, -0.15) is 5.10 Å². The van der Waals surface area contributed by atoms with Gasteiger partial charge in [0.25, 0.3) is 0 Å². The zero-order valence-electron chi connectivity index (χ0n) is 11.8. The molecule has 1 aromatic heterocycles. The van der Waals surface area contributed by atoms with E-state index in [9.17, 15) is 4.79 Å². The summed E-state index contributed by atoms with van der Waals surface area (Å²) in [5.41, 5.74) is 2.28. The summed E-state index contributed by atoms with van der Waals surface area (Å²) >= 11 is 0. The van der Waals surface area contributed by atoms with E-state index in [1.54, 1.807) is 7.05 Å². The molecule has 5 nitrogen and oxygen atoms in total. The maximum absolute atomic E-state index is 11.4. The number of carbonyl (C=O) groups excluding carboxylic acids is 1. The third kappa shape index (κ3) is 3.93. The van der Waals surface area contributed by atoms with Crippen molar-refractivity contribution in [2.24, 2.45) is 0 Å². The van der Waals surface area contributed by atoms with Crippen LogP contribution in [0.1, 0.15) is 18.1 Å². The van der Waals surface area contributed by atoms with Crippen LogP contribution in [0.4, 0.5) is 0 Å². The fourth-order valence-electron chi connectivity index (χ4n) is 1.93. The van der Waals surface area contributed by atoms with Crippen LogP contribution in [-0.4, -0.2) is 28.8 Å². The predicted molar refractivity (Wildman–Crippen MR) is 78.1 cm³/mol. The second-order valence-corrected chi connectivity index (χ2v) is 4.75. The topological polar surface area (TPSA) is 59.0 Å². The monoisotopic (exact) mass is 272 g/mol. The number of hydrogen-bond acceptors (Lipinski definition) is 3. The number of aromatic nitrogens is 2. The maximum Gasteiger partial charge on any atom is 0.236 e. The van der Waals surface area contributed by atoms with E-state index in [1.165, 1.54) is 5.56 Å². The van der Waals surface area contributed by atoms with E-state index in [0.717, 1.165) is 12.1 Å². The lowest BCUT2D eigenvalue weighted by Gasteiger charge is -2.10. The van der Waals surface area contributed by atoms with Crippen molar-refractivity contribution >= 4 is 5.91 Å². The van der Waals surface area contributed by atoms with E-state index in [2.05, 4.69) is 27.9 Å². The number of carbonyl (C=O) groups is 1. The van der Waals surface area contributed by atoms with Crippen LogP contribution < -0.4 is 10.6 Å². The molecule has 106 valence electrons. The number of rotatable bonds is 6. The highest BCUT2D eigenvalue weighted by Crippen LogP contribution is 2.04. The first kappa shape index (κ1) is 14.3. The SMILES string of the molecule is CNC(=O)C(C)NCc1cnn(Cc2ccccc2)c1. The molecule has 1 amide bonds. The summed E-state index contributed by atoms with van der Waals surface area (Å²) in [6.45, 7) is 3.22. The molecule has 0 radical (unpaired) electrons. The molecule has 0 bridgehead atoms. The first-order valence-electron chi connectivity index (χ1n) is 6.69. The number of likely N-dealkylation sites (N-methyl/N-ethyl adjacent to an activating group) is 1. The first-order valence-corrected chi connectivity index (χ1v) is 6.69. The Morgan fingerprint density at radius 3 is 2.75 bits per heavy atom. The van der Waals surface area contributed by atoms with Crippen molar-refractivity contribution in [1.29, 1.82) is 0 Å². The van der Waals surface area contributed by atoms with E-state index in [4.69, 9.17) is 0 Å². The Balaban J connectivity index is 1.88. The van der Waals surface area contributed by atoms with Crippen LogP contribution in [-0.2, 0) is 17.9 Å². The molecule has 20 heavy (non-hydrogen) atoms. The molecule has 0 aliphatic heterocycles. The van der Waals surface area contributed by atoms with Gasteiger partial charge in [0.2, 0.25) is 5.91 Å². The summed E-state index contributed by atoms with van der Waals surface area (Å²) < 4.78 is 1.90. The minimum Gasteiger partial charge on any atom is -0.358 e. The average Bonchev–Trinajstić information content (AvgIpc) is 2.92. The maximum atomic E-state index is 11.4. The molecular weight excluding hydrogens is 252 g/mol. The molecule has 1 aromatic carbocycles. The fraction of sp³-hybridized carbons (Fsp3) is 0.333. The van der Waals surface area contributed by atoms with E-state index in [0.29, 0.717) is 6.54 Å². The lowest BCUT2D eigenvalue weighted by atomic mass is 10.2. The highest BCUT2D eigenvalue weighted by molar-refractivity contribution is 5.80. The Morgan fingerprint density at radius 2 is 2.05 bits per heavy atom. The minimum absolute atomic E-state index is 0.0123. The van der Waals surface area contributed by atoms with Gasteiger partial charge in [0.1, 0.15) is 0 Å². The molecule has 0 saturated carbocycles. The highest BCUT2D eigenvalue weighted by Gasteiger charge is 2.10. The lowest BCUT2D eigenvalue weighted by molar-refractivity contribution is -0.122.